The van der Waals surface area contributed by atoms with Crippen LogP contribution in [0.3, 0.4) is 0 Å². The summed E-state index contributed by atoms with van der Waals surface area (Å²) in [5.41, 5.74) is 3.08. The summed E-state index contributed by atoms with van der Waals surface area (Å²) in [5.74, 6) is 2.75. The van der Waals surface area contributed by atoms with E-state index in [1.807, 2.05) is 50.2 Å². The van der Waals surface area contributed by atoms with Crippen molar-refractivity contribution in [3.8, 4) is 11.5 Å². The Morgan fingerprint density at radius 3 is 1.94 bits per heavy atom. The maximum Gasteiger partial charge on any atom is 1.00 e. The van der Waals surface area contributed by atoms with Crippen LogP contribution >= 0.6 is 8.58 Å². The maximum absolute atomic E-state index is 13.3. The van der Waals surface area contributed by atoms with Crippen LogP contribution in [0.4, 0.5) is 0 Å². The van der Waals surface area contributed by atoms with Crippen molar-refractivity contribution in [3.63, 3.8) is 0 Å². The number of carbonyl (C=O) groups is 1. The van der Waals surface area contributed by atoms with Gasteiger partial charge in [-0.1, -0.05) is 84.4 Å². The van der Waals surface area contributed by atoms with E-state index in [1.165, 1.54) is 38.5 Å². The summed E-state index contributed by atoms with van der Waals surface area (Å²) >= 11 is 0. The molecule has 0 aliphatic carbocycles. The van der Waals surface area contributed by atoms with Crippen molar-refractivity contribution >= 4 is 19.4 Å². The summed E-state index contributed by atoms with van der Waals surface area (Å²) in [7, 11) is 0.0266. The van der Waals surface area contributed by atoms with E-state index < -0.39 is 0 Å². The van der Waals surface area contributed by atoms with E-state index in [0.29, 0.717) is 18.4 Å². The number of hydrogen-bond donors (Lipinski definition) is 0. The van der Waals surface area contributed by atoms with Crippen LogP contribution in [-0.4, -0.2) is 18.7 Å². The molecule has 0 aliphatic heterocycles. The Morgan fingerprint density at radius 1 is 0.861 bits per heavy atom. The summed E-state index contributed by atoms with van der Waals surface area (Å²) in [6.45, 7) is 14.4. The minimum Gasteiger partial charge on any atom is -1.00 e. The Balaban J connectivity index is 0.00000648. The molecule has 5 heteroatoms. The first-order valence-electron chi connectivity index (χ1n) is 13.7. The van der Waals surface area contributed by atoms with Gasteiger partial charge in [0.15, 0.2) is 5.52 Å². The van der Waals surface area contributed by atoms with E-state index in [-0.39, 0.29) is 34.4 Å². The Morgan fingerprint density at radius 2 is 1.42 bits per heavy atom. The number of ether oxygens (including phenoxy) is 2. The van der Waals surface area contributed by atoms with Crippen molar-refractivity contribution in [1.82, 2.24) is 0 Å². The molecule has 2 aromatic rings. The van der Waals surface area contributed by atoms with Gasteiger partial charge in [0, 0.05) is 16.9 Å². The van der Waals surface area contributed by atoms with Crippen molar-refractivity contribution < 1.29 is 34.6 Å². The zero-order valence-electron chi connectivity index (χ0n) is 24.9. The van der Waals surface area contributed by atoms with Gasteiger partial charge in [-0.2, -0.15) is 0 Å². The fourth-order valence-corrected chi connectivity index (χ4v) is 5.59. The first-order chi connectivity index (χ1) is 16.9. The zero-order chi connectivity index (χ0) is 25.6. The number of rotatable bonds is 17. The normalized spacial score (nSPS) is 12.8. The zero-order valence-corrected chi connectivity index (χ0v) is 24.9. The van der Waals surface area contributed by atoms with Crippen LogP contribution in [-0.2, 0) is 0 Å². The monoisotopic (exact) mass is 506 g/mol. The van der Waals surface area contributed by atoms with Crippen LogP contribution in [0.1, 0.15) is 102 Å². The number of carbonyl (C=O) groups excluding carboxylic acids is 1. The van der Waals surface area contributed by atoms with Gasteiger partial charge >= 0.3 is 18.9 Å². The molecule has 3 atom stereocenters. The molecule has 0 N–H and O–H groups in total. The molecule has 196 valence electrons. The molecule has 0 saturated heterocycles. The van der Waals surface area contributed by atoms with Crippen LogP contribution in [0.15, 0.2) is 36.4 Å². The molecular weight excluding hydrogens is 458 g/mol. The van der Waals surface area contributed by atoms with Crippen molar-refractivity contribution in [2.24, 2.45) is 11.8 Å². The van der Waals surface area contributed by atoms with E-state index in [4.69, 9.17) is 9.47 Å². The van der Waals surface area contributed by atoms with Gasteiger partial charge in [0.2, 0.25) is 0 Å². The molecule has 0 heterocycles. The van der Waals surface area contributed by atoms with Gasteiger partial charge < -0.3 is 10.9 Å². The second-order valence-electron chi connectivity index (χ2n) is 9.83. The molecular formula is C31H48LiO3P. The number of unbranched alkanes of at least 4 members (excludes halogenated alkanes) is 2. The van der Waals surface area contributed by atoms with Gasteiger partial charge in [0.05, 0.1) is 13.2 Å². The van der Waals surface area contributed by atoms with E-state index in [2.05, 4.69) is 27.7 Å². The summed E-state index contributed by atoms with van der Waals surface area (Å²) in [6.07, 6.45) is 9.50. The molecule has 0 amide bonds. The van der Waals surface area contributed by atoms with Gasteiger partial charge in [-0.05, 0) is 70.4 Å². The molecule has 0 spiro atoms. The van der Waals surface area contributed by atoms with Crippen LogP contribution in [0, 0.1) is 25.7 Å². The van der Waals surface area contributed by atoms with Gasteiger partial charge in [-0.15, -0.1) is 0 Å². The quantitative estimate of drug-likeness (QED) is 0.202. The third-order valence-electron chi connectivity index (χ3n) is 6.96. The van der Waals surface area contributed by atoms with E-state index in [1.54, 1.807) is 0 Å². The molecule has 0 fully saturated rings. The van der Waals surface area contributed by atoms with Gasteiger partial charge in [0.25, 0.3) is 0 Å². The Labute approximate surface area is 236 Å². The van der Waals surface area contributed by atoms with E-state index >= 15 is 0 Å². The molecule has 0 aliphatic rings. The second-order valence-corrected chi connectivity index (χ2v) is 11.1. The molecule has 3 unspecified atom stereocenters. The fourth-order valence-electron chi connectivity index (χ4n) is 4.39. The molecule has 0 aromatic heterocycles. The van der Waals surface area contributed by atoms with Gasteiger partial charge in [0.1, 0.15) is 11.5 Å². The first-order valence-corrected chi connectivity index (χ1v) is 14.7. The molecule has 0 saturated carbocycles. The second kappa shape index (κ2) is 18.1. The van der Waals surface area contributed by atoms with Gasteiger partial charge in [-0.25, -0.2) is 0 Å². The van der Waals surface area contributed by atoms with E-state index in [0.717, 1.165) is 52.9 Å². The average molecular weight is 507 g/mol. The Kier molecular flexibility index (Phi) is 16.4. The van der Waals surface area contributed by atoms with E-state index in [9.17, 15) is 4.79 Å². The predicted molar refractivity (Wildman–Crippen MR) is 153 cm³/mol. The van der Waals surface area contributed by atoms with Crippen molar-refractivity contribution in [3.05, 3.63) is 53.1 Å². The van der Waals surface area contributed by atoms with Crippen molar-refractivity contribution in [2.75, 3.05) is 13.2 Å². The van der Waals surface area contributed by atoms with Crippen LogP contribution < -0.4 is 33.6 Å². The summed E-state index contributed by atoms with van der Waals surface area (Å²) in [4.78, 5) is 13.3. The topological polar surface area (TPSA) is 35.5 Å². The number of hydrogen-bond acceptors (Lipinski definition) is 3. The van der Waals surface area contributed by atoms with Crippen molar-refractivity contribution in [1.29, 1.82) is 0 Å². The maximum atomic E-state index is 13.3. The summed E-state index contributed by atoms with van der Waals surface area (Å²) < 4.78 is 12.6. The summed E-state index contributed by atoms with van der Waals surface area (Å²) in [5, 5.41) is 0.966. The molecule has 36 heavy (non-hydrogen) atoms. The van der Waals surface area contributed by atoms with Crippen LogP contribution in [0.2, 0.25) is 0 Å². The van der Waals surface area contributed by atoms with Gasteiger partial charge in [-0.3, -0.25) is 4.79 Å². The fraction of sp³-hybridized carbons (Fsp3) is 0.581. The first kappa shape index (κ1) is 32.8. The third-order valence-corrected chi connectivity index (χ3v) is 8.12. The minimum atomic E-state index is 0. The molecule has 2 rings (SSSR count). The van der Waals surface area contributed by atoms with Crippen LogP contribution in [0.25, 0.3) is 0 Å². The Hall–Kier alpha value is -1.26. The smallest absolute Gasteiger partial charge is 1.00 e. The number of benzene rings is 2. The van der Waals surface area contributed by atoms with Crippen molar-refractivity contribution in [2.45, 2.75) is 92.9 Å². The molecule has 0 bridgehead atoms. The van der Waals surface area contributed by atoms with Crippen LogP contribution in [0.5, 0.6) is 11.5 Å². The standard InChI is InChI=1S/C31H47O3P.Li.H/c1-7-11-16-25(9-3)21-33-27-18-19-29(28(20-27)34-22-26(10-4)17-12-8-2)35-31(32)30-23(5)14-13-15-24(30)6;;/h13-15,18-20,25-26,35H,7-12,16-17,21-22H2,1-6H3;;/q;+1;-1. The molecule has 3 nitrogen and oxygen atoms in total. The molecule has 0 radical (unpaired) electrons. The molecule has 2 aromatic carbocycles. The minimum absolute atomic E-state index is 0. The third kappa shape index (κ3) is 10.6. The average Bonchev–Trinajstić information content (AvgIpc) is 2.85. The number of aryl methyl sites for hydroxylation is 2. The predicted octanol–water partition coefficient (Wildman–Crippen LogP) is 5.75. The summed E-state index contributed by atoms with van der Waals surface area (Å²) in [6, 6.07) is 12.1. The Bertz CT molecular complexity index is 901. The SMILES string of the molecule is CCCCC(CC)COc1ccc(PC(=O)c2c(C)cccc2C)c(OCC(CC)CCCC)c1.[H-].[Li+]. The largest absolute Gasteiger partial charge is 1.00 e.